The molecular formula is C12H15N3S. The molecule has 0 atom stereocenters. The van der Waals surface area contributed by atoms with Crippen LogP contribution >= 0.6 is 11.3 Å². The van der Waals surface area contributed by atoms with E-state index in [2.05, 4.69) is 15.7 Å². The van der Waals surface area contributed by atoms with Gasteiger partial charge in [-0.2, -0.15) is 0 Å². The number of nitrogens with zero attached hydrogens (tertiary/aromatic N) is 1. The second-order valence-electron chi connectivity index (χ2n) is 3.66. The third-order valence-corrected chi connectivity index (χ3v) is 3.09. The van der Waals surface area contributed by atoms with Gasteiger partial charge in [0, 0.05) is 29.7 Å². The van der Waals surface area contributed by atoms with Gasteiger partial charge in [0.05, 0.1) is 10.7 Å². The van der Waals surface area contributed by atoms with Crippen molar-refractivity contribution in [1.82, 2.24) is 4.98 Å². The topological polar surface area (TPSA) is 50.9 Å². The van der Waals surface area contributed by atoms with Gasteiger partial charge in [-0.25, -0.2) is 4.98 Å². The molecule has 0 unspecified atom stereocenters. The van der Waals surface area contributed by atoms with E-state index in [0.717, 1.165) is 35.0 Å². The maximum Gasteiger partial charge on any atom is 0.0897 e. The lowest BCUT2D eigenvalue weighted by atomic mass is 10.2. The van der Waals surface area contributed by atoms with Crippen LogP contribution in [0.4, 0.5) is 11.4 Å². The normalized spacial score (nSPS) is 10.3. The highest BCUT2D eigenvalue weighted by atomic mass is 32.1. The third-order valence-electron chi connectivity index (χ3n) is 2.26. The van der Waals surface area contributed by atoms with Gasteiger partial charge in [0.25, 0.3) is 0 Å². The van der Waals surface area contributed by atoms with Crippen molar-refractivity contribution in [3.63, 3.8) is 0 Å². The van der Waals surface area contributed by atoms with E-state index in [9.17, 15) is 0 Å². The molecule has 3 N–H and O–H groups in total. The maximum absolute atomic E-state index is 5.69. The number of thiazole rings is 1. The predicted octanol–water partition coefficient (Wildman–Crippen LogP) is 2.69. The Kier molecular flexibility index (Phi) is 3.41. The van der Waals surface area contributed by atoms with Crippen molar-refractivity contribution in [3.05, 3.63) is 40.3 Å². The van der Waals surface area contributed by atoms with Crippen LogP contribution in [0.25, 0.3) is 0 Å². The first-order valence-corrected chi connectivity index (χ1v) is 6.12. The van der Waals surface area contributed by atoms with Crippen LogP contribution in [0.5, 0.6) is 0 Å². The van der Waals surface area contributed by atoms with Crippen LogP contribution in [-0.2, 0) is 6.42 Å². The number of nitrogen functional groups attached to an aromatic ring is 1. The molecular weight excluding hydrogens is 218 g/mol. The average molecular weight is 233 g/mol. The molecule has 0 radical (unpaired) electrons. The van der Waals surface area contributed by atoms with E-state index in [1.54, 1.807) is 11.3 Å². The van der Waals surface area contributed by atoms with Gasteiger partial charge < -0.3 is 11.1 Å². The molecule has 84 valence electrons. The Morgan fingerprint density at radius 1 is 1.44 bits per heavy atom. The summed E-state index contributed by atoms with van der Waals surface area (Å²) in [5.41, 5.74) is 8.69. The van der Waals surface area contributed by atoms with E-state index in [1.807, 2.05) is 31.2 Å². The highest BCUT2D eigenvalue weighted by Crippen LogP contribution is 2.12. The Balaban J connectivity index is 1.84. The fraction of sp³-hybridized carbons (Fsp3) is 0.250. The number of anilines is 2. The maximum atomic E-state index is 5.69. The summed E-state index contributed by atoms with van der Waals surface area (Å²) in [7, 11) is 0. The highest BCUT2D eigenvalue weighted by Gasteiger charge is 1.98. The second kappa shape index (κ2) is 4.99. The Morgan fingerprint density at radius 2 is 2.31 bits per heavy atom. The molecule has 0 aliphatic carbocycles. The van der Waals surface area contributed by atoms with Gasteiger partial charge in [0.1, 0.15) is 0 Å². The van der Waals surface area contributed by atoms with Crippen LogP contribution < -0.4 is 11.1 Å². The quantitative estimate of drug-likeness (QED) is 0.798. The minimum absolute atomic E-state index is 0.787. The molecule has 0 aliphatic rings. The molecule has 16 heavy (non-hydrogen) atoms. The summed E-state index contributed by atoms with van der Waals surface area (Å²) in [5.74, 6) is 0. The van der Waals surface area contributed by atoms with Crippen molar-refractivity contribution in [2.24, 2.45) is 0 Å². The monoisotopic (exact) mass is 233 g/mol. The molecule has 4 heteroatoms. The van der Waals surface area contributed by atoms with E-state index >= 15 is 0 Å². The summed E-state index contributed by atoms with van der Waals surface area (Å²) in [4.78, 5) is 4.41. The number of aryl methyl sites for hydroxylation is 1. The number of nitrogens with one attached hydrogen (secondary N) is 1. The molecule has 2 rings (SSSR count). The standard InChI is InChI=1S/C12H15N3S/c1-9-15-12(8-16-9)5-6-14-11-4-2-3-10(13)7-11/h2-4,7-8,14H,5-6,13H2,1H3. The smallest absolute Gasteiger partial charge is 0.0897 e. The molecule has 0 saturated heterocycles. The minimum atomic E-state index is 0.787. The number of benzene rings is 1. The van der Waals surface area contributed by atoms with Crippen molar-refractivity contribution < 1.29 is 0 Å². The first-order valence-electron chi connectivity index (χ1n) is 5.24. The molecule has 1 aromatic carbocycles. The van der Waals surface area contributed by atoms with Crippen LogP contribution in [0.3, 0.4) is 0 Å². The lowest BCUT2D eigenvalue weighted by Gasteiger charge is -2.05. The van der Waals surface area contributed by atoms with Crippen LogP contribution in [0.2, 0.25) is 0 Å². The fourth-order valence-electron chi connectivity index (χ4n) is 1.51. The fourth-order valence-corrected chi connectivity index (χ4v) is 2.15. The van der Waals surface area contributed by atoms with E-state index in [0.29, 0.717) is 0 Å². The Bertz CT molecular complexity index is 465. The Hall–Kier alpha value is -1.55. The van der Waals surface area contributed by atoms with Crippen molar-refractivity contribution >= 4 is 22.7 Å². The van der Waals surface area contributed by atoms with Crippen LogP contribution in [-0.4, -0.2) is 11.5 Å². The van der Waals surface area contributed by atoms with E-state index < -0.39 is 0 Å². The molecule has 1 heterocycles. The molecule has 0 bridgehead atoms. The summed E-state index contributed by atoms with van der Waals surface area (Å²) in [5, 5.41) is 6.56. The van der Waals surface area contributed by atoms with Gasteiger partial charge in [-0.1, -0.05) is 6.07 Å². The molecule has 3 nitrogen and oxygen atoms in total. The van der Waals surface area contributed by atoms with Gasteiger partial charge in [0.2, 0.25) is 0 Å². The van der Waals surface area contributed by atoms with Crippen LogP contribution in [0.15, 0.2) is 29.6 Å². The van der Waals surface area contributed by atoms with Crippen LogP contribution in [0.1, 0.15) is 10.7 Å². The highest BCUT2D eigenvalue weighted by molar-refractivity contribution is 7.09. The lowest BCUT2D eigenvalue weighted by Crippen LogP contribution is -2.05. The summed E-state index contributed by atoms with van der Waals surface area (Å²) in [6.45, 7) is 2.91. The largest absolute Gasteiger partial charge is 0.399 e. The number of hydrogen-bond acceptors (Lipinski definition) is 4. The van der Waals surface area contributed by atoms with Crippen molar-refractivity contribution in [2.45, 2.75) is 13.3 Å². The summed E-state index contributed by atoms with van der Waals surface area (Å²) < 4.78 is 0. The minimum Gasteiger partial charge on any atom is -0.399 e. The van der Waals surface area contributed by atoms with Crippen molar-refractivity contribution in [1.29, 1.82) is 0 Å². The summed E-state index contributed by atoms with van der Waals surface area (Å²) in [6.07, 6.45) is 0.944. The first kappa shape index (κ1) is 11.0. The zero-order valence-corrected chi connectivity index (χ0v) is 10.1. The van der Waals surface area contributed by atoms with Crippen LogP contribution in [0, 0.1) is 6.92 Å². The molecule has 2 aromatic rings. The Morgan fingerprint density at radius 3 is 3.00 bits per heavy atom. The van der Waals surface area contributed by atoms with Gasteiger partial charge >= 0.3 is 0 Å². The molecule has 0 amide bonds. The first-order chi connectivity index (χ1) is 7.74. The third kappa shape index (κ3) is 2.97. The van der Waals surface area contributed by atoms with Crippen molar-refractivity contribution in [3.8, 4) is 0 Å². The molecule has 0 saturated carbocycles. The van der Waals surface area contributed by atoms with Crippen molar-refractivity contribution in [2.75, 3.05) is 17.6 Å². The zero-order valence-electron chi connectivity index (χ0n) is 9.23. The van der Waals surface area contributed by atoms with E-state index in [1.165, 1.54) is 0 Å². The average Bonchev–Trinajstić information content (AvgIpc) is 2.64. The SMILES string of the molecule is Cc1nc(CCNc2cccc(N)c2)cs1. The summed E-state index contributed by atoms with van der Waals surface area (Å²) in [6, 6.07) is 7.79. The molecule has 0 spiro atoms. The van der Waals surface area contributed by atoms with Gasteiger partial charge in [0.15, 0.2) is 0 Å². The number of aromatic nitrogens is 1. The number of nitrogens with two attached hydrogens (primary N) is 1. The number of hydrogen-bond donors (Lipinski definition) is 2. The Labute approximate surface area is 99.3 Å². The van der Waals surface area contributed by atoms with E-state index in [-0.39, 0.29) is 0 Å². The molecule has 1 aromatic heterocycles. The lowest BCUT2D eigenvalue weighted by molar-refractivity contribution is 0.968. The second-order valence-corrected chi connectivity index (χ2v) is 4.72. The van der Waals surface area contributed by atoms with Gasteiger partial charge in [-0.3, -0.25) is 0 Å². The van der Waals surface area contributed by atoms with Gasteiger partial charge in [-0.15, -0.1) is 11.3 Å². The zero-order chi connectivity index (χ0) is 11.4. The molecule has 0 fully saturated rings. The predicted molar refractivity (Wildman–Crippen MR) is 69.9 cm³/mol. The molecule has 0 aliphatic heterocycles. The van der Waals surface area contributed by atoms with E-state index in [4.69, 9.17) is 5.73 Å². The van der Waals surface area contributed by atoms with Gasteiger partial charge in [-0.05, 0) is 25.1 Å². The summed E-state index contributed by atoms with van der Waals surface area (Å²) >= 11 is 1.69. The number of rotatable bonds is 4.